The number of nitrogens with one attached hydrogen (secondary N) is 2. The minimum atomic E-state index is -0.134. The normalized spacial score (nSPS) is 17.3. The van der Waals surface area contributed by atoms with E-state index in [9.17, 15) is 9.59 Å². The molecule has 8 nitrogen and oxygen atoms in total. The van der Waals surface area contributed by atoms with Crippen molar-refractivity contribution in [3.8, 4) is 0 Å². The molecule has 1 unspecified atom stereocenters. The van der Waals surface area contributed by atoms with E-state index >= 15 is 0 Å². The lowest BCUT2D eigenvalue weighted by molar-refractivity contribution is -0.119. The van der Waals surface area contributed by atoms with E-state index in [1.165, 1.54) is 18.3 Å². The molecule has 9 heteroatoms. The van der Waals surface area contributed by atoms with Crippen LogP contribution in [-0.4, -0.2) is 50.8 Å². The molecular weight excluding hydrogens is 388 g/mol. The third-order valence-corrected chi connectivity index (χ3v) is 5.83. The first-order valence-electron chi connectivity index (χ1n) is 9.49. The van der Waals surface area contributed by atoms with Gasteiger partial charge < -0.3 is 15.5 Å². The van der Waals surface area contributed by atoms with Crippen LogP contribution in [0.1, 0.15) is 42.4 Å². The van der Waals surface area contributed by atoms with E-state index in [1.54, 1.807) is 17.3 Å². The molecule has 4 heterocycles. The number of rotatable bonds is 5. The Morgan fingerprint density at radius 2 is 2.17 bits per heavy atom. The summed E-state index contributed by atoms with van der Waals surface area (Å²) < 4.78 is 0.776. The van der Waals surface area contributed by atoms with E-state index in [0.717, 1.165) is 22.2 Å². The van der Waals surface area contributed by atoms with Gasteiger partial charge in [0.25, 0.3) is 5.91 Å². The number of hydrogen-bond donors (Lipinski definition) is 2. The summed E-state index contributed by atoms with van der Waals surface area (Å²) in [6.45, 7) is 4.57. The number of pyridine rings is 1. The van der Waals surface area contributed by atoms with Crippen LogP contribution in [0.2, 0.25) is 0 Å². The Hall–Kier alpha value is -3.07. The van der Waals surface area contributed by atoms with Gasteiger partial charge in [0.2, 0.25) is 11.9 Å². The second-order valence-electron chi connectivity index (χ2n) is 7.12. The predicted octanol–water partition coefficient (Wildman–Crippen LogP) is 2.61. The molecule has 150 valence electrons. The molecule has 2 atom stereocenters. The second kappa shape index (κ2) is 8.12. The first-order valence-corrected chi connectivity index (χ1v) is 10.4. The number of nitrogens with zero attached hydrogens (tertiary/aromatic N) is 4. The van der Waals surface area contributed by atoms with E-state index < -0.39 is 0 Å². The number of carbonyl (C=O) groups is 2. The molecule has 4 rings (SSSR count). The molecule has 0 bridgehead atoms. The van der Waals surface area contributed by atoms with Crippen LogP contribution in [0.25, 0.3) is 10.2 Å². The van der Waals surface area contributed by atoms with Crippen LogP contribution < -0.4 is 10.6 Å². The number of carbonyl (C=O) groups excluding carboxylic acids is 2. The topological polar surface area (TPSA) is 100 Å². The zero-order valence-electron chi connectivity index (χ0n) is 16.3. The monoisotopic (exact) mass is 410 g/mol. The Kier molecular flexibility index (Phi) is 5.39. The third-order valence-electron chi connectivity index (χ3n) is 4.92. The average Bonchev–Trinajstić information content (AvgIpc) is 3.36. The molecular formula is C20H22N6O2S. The number of likely N-dealkylation sites (tertiary alicyclic amines) is 1. The molecule has 3 aromatic heterocycles. The maximum atomic E-state index is 13.2. The van der Waals surface area contributed by atoms with E-state index in [4.69, 9.17) is 0 Å². The minimum absolute atomic E-state index is 0.0136. The van der Waals surface area contributed by atoms with E-state index in [2.05, 4.69) is 25.6 Å². The van der Waals surface area contributed by atoms with Gasteiger partial charge in [0.1, 0.15) is 0 Å². The van der Waals surface area contributed by atoms with Gasteiger partial charge in [-0.1, -0.05) is 6.07 Å². The quantitative estimate of drug-likeness (QED) is 0.671. The van der Waals surface area contributed by atoms with Gasteiger partial charge in [-0.25, -0.2) is 9.97 Å². The number of anilines is 1. The summed E-state index contributed by atoms with van der Waals surface area (Å²) in [4.78, 5) is 39.5. The minimum Gasteiger partial charge on any atom is -0.352 e. The van der Waals surface area contributed by atoms with Gasteiger partial charge in [-0.05, 0) is 36.4 Å². The van der Waals surface area contributed by atoms with Crippen molar-refractivity contribution in [1.82, 2.24) is 25.2 Å². The van der Waals surface area contributed by atoms with E-state index in [0.29, 0.717) is 24.7 Å². The van der Waals surface area contributed by atoms with Crippen molar-refractivity contribution in [3.05, 3.63) is 47.2 Å². The van der Waals surface area contributed by atoms with Crippen molar-refractivity contribution < 1.29 is 9.59 Å². The lowest BCUT2D eigenvalue weighted by Gasteiger charge is -2.18. The van der Waals surface area contributed by atoms with Crippen LogP contribution in [0.5, 0.6) is 0 Å². The maximum absolute atomic E-state index is 13.2. The van der Waals surface area contributed by atoms with Gasteiger partial charge in [-0.2, -0.15) is 0 Å². The Balaban J connectivity index is 1.58. The third kappa shape index (κ3) is 4.19. The molecule has 1 saturated heterocycles. The summed E-state index contributed by atoms with van der Waals surface area (Å²) in [5, 5.41) is 8.07. The van der Waals surface area contributed by atoms with Gasteiger partial charge in [-0.15, -0.1) is 11.3 Å². The van der Waals surface area contributed by atoms with Gasteiger partial charge in [0, 0.05) is 38.4 Å². The highest BCUT2D eigenvalue weighted by molar-refractivity contribution is 7.17. The Bertz CT molecular complexity index is 1040. The summed E-state index contributed by atoms with van der Waals surface area (Å²) in [6.07, 6.45) is 4.26. The largest absolute Gasteiger partial charge is 0.352 e. The van der Waals surface area contributed by atoms with E-state index in [1.807, 2.05) is 30.5 Å². The summed E-state index contributed by atoms with van der Waals surface area (Å²) >= 11 is 1.46. The molecule has 0 radical (unpaired) electrons. The molecule has 3 aromatic rings. The van der Waals surface area contributed by atoms with Gasteiger partial charge in [0.05, 0.1) is 16.3 Å². The molecule has 2 amide bonds. The Morgan fingerprint density at radius 3 is 2.93 bits per heavy atom. The maximum Gasteiger partial charge on any atom is 0.274 e. The summed E-state index contributed by atoms with van der Waals surface area (Å²) in [5.41, 5.74) is 2.15. The van der Waals surface area contributed by atoms with Gasteiger partial charge in [-0.3, -0.25) is 14.6 Å². The van der Waals surface area contributed by atoms with Crippen LogP contribution in [0.4, 0.5) is 5.95 Å². The highest BCUT2D eigenvalue weighted by atomic mass is 32.1. The Labute approximate surface area is 172 Å². The van der Waals surface area contributed by atoms with Crippen LogP contribution in [0, 0.1) is 0 Å². The zero-order valence-corrected chi connectivity index (χ0v) is 17.1. The fourth-order valence-corrected chi connectivity index (χ4v) is 4.29. The van der Waals surface area contributed by atoms with Crippen LogP contribution in [-0.2, 0) is 4.79 Å². The van der Waals surface area contributed by atoms with Crippen LogP contribution in [0.3, 0.4) is 0 Å². The molecule has 2 N–H and O–H groups in total. The Morgan fingerprint density at radius 1 is 1.31 bits per heavy atom. The van der Waals surface area contributed by atoms with Gasteiger partial charge >= 0.3 is 0 Å². The van der Waals surface area contributed by atoms with Crippen LogP contribution in [0.15, 0.2) is 36.0 Å². The molecule has 0 spiro atoms. The number of aromatic nitrogens is 3. The molecule has 0 saturated carbocycles. The highest BCUT2D eigenvalue weighted by Crippen LogP contribution is 2.27. The summed E-state index contributed by atoms with van der Waals surface area (Å²) in [7, 11) is 0. The van der Waals surface area contributed by atoms with Crippen molar-refractivity contribution >= 4 is 39.3 Å². The molecule has 1 aliphatic heterocycles. The van der Waals surface area contributed by atoms with Crippen molar-refractivity contribution in [2.24, 2.45) is 0 Å². The first-order chi connectivity index (χ1) is 14.0. The average molecular weight is 411 g/mol. The molecule has 0 aliphatic carbocycles. The first kappa shape index (κ1) is 19.3. The van der Waals surface area contributed by atoms with Crippen molar-refractivity contribution in [2.45, 2.75) is 32.4 Å². The summed E-state index contributed by atoms with van der Waals surface area (Å²) in [5.74, 6) is 0.195. The highest BCUT2D eigenvalue weighted by Gasteiger charge is 2.30. The lowest BCUT2D eigenvalue weighted by atomic mass is 10.1. The fourth-order valence-electron chi connectivity index (χ4n) is 3.48. The van der Waals surface area contributed by atoms with Gasteiger partial charge in [0.15, 0.2) is 5.69 Å². The lowest BCUT2D eigenvalue weighted by Crippen LogP contribution is -2.37. The zero-order chi connectivity index (χ0) is 20.4. The van der Waals surface area contributed by atoms with Crippen LogP contribution >= 0.6 is 11.3 Å². The molecule has 29 heavy (non-hydrogen) atoms. The smallest absolute Gasteiger partial charge is 0.274 e. The van der Waals surface area contributed by atoms with Crippen molar-refractivity contribution in [1.29, 1.82) is 0 Å². The molecule has 1 aliphatic rings. The number of thiophene rings is 1. The predicted molar refractivity (Wildman–Crippen MR) is 112 cm³/mol. The molecule has 0 aromatic carbocycles. The summed E-state index contributed by atoms with van der Waals surface area (Å²) in [6, 6.07) is 5.68. The fraction of sp³-hybridized carbons (Fsp3) is 0.350. The number of amides is 2. The van der Waals surface area contributed by atoms with Crippen molar-refractivity contribution in [2.75, 3.05) is 18.4 Å². The second-order valence-corrected chi connectivity index (χ2v) is 8.04. The number of fused-ring (bicyclic) bond motifs is 1. The van der Waals surface area contributed by atoms with Crippen molar-refractivity contribution in [3.63, 3.8) is 0 Å². The standard InChI is InChI=1S/C20H22N6O2S/c1-12(14-4-3-7-21-10-14)22-20-24-16-6-9-29-18(16)17(25-20)19(28)26-8-5-15(11-26)23-13(2)27/h3-4,6-7,9-10,12,15H,5,8,11H2,1-2H3,(H,23,27)(H,22,24,25)/t12?,15-/m1/s1. The molecule has 1 fully saturated rings. The van der Waals surface area contributed by atoms with E-state index in [-0.39, 0.29) is 23.9 Å². The SMILES string of the molecule is CC(=O)N[C@@H]1CCN(C(=O)c2nc(NC(C)c3cccnc3)nc3ccsc23)C1. The number of hydrogen-bond acceptors (Lipinski definition) is 7.